The molecule has 6 heteroatoms. The van der Waals surface area contributed by atoms with Gasteiger partial charge in [-0.1, -0.05) is 75.2 Å². The number of nitrogens with zero attached hydrogens (tertiary/aromatic N) is 2. The summed E-state index contributed by atoms with van der Waals surface area (Å²) in [5.74, 6) is -0.615. The minimum atomic E-state index is -0.332. The minimum Gasteiger partial charge on any atom is -0.352 e. The Balaban J connectivity index is 2.16. The van der Waals surface area contributed by atoms with Crippen LogP contribution in [0.2, 0.25) is 0 Å². The summed E-state index contributed by atoms with van der Waals surface area (Å²) in [6, 6.07) is 19.2. The molecule has 1 heterocycles. The second-order valence-electron chi connectivity index (χ2n) is 7.40. The Bertz CT molecular complexity index is 997. The monoisotopic (exact) mass is 418 g/mol. The fourth-order valence-electron chi connectivity index (χ4n) is 3.34. The Kier molecular flexibility index (Phi) is 7.98. The Morgan fingerprint density at radius 2 is 1.35 bits per heavy atom. The minimum absolute atomic E-state index is 0.146. The summed E-state index contributed by atoms with van der Waals surface area (Å²) in [5.41, 5.74) is 2.68. The third-order valence-electron chi connectivity index (χ3n) is 5.01. The van der Waals surface area contributed by atoms with Gasteiger partial charge in [0.05, 0.1) is 16.9 Å². The Morgan fingerprint density at radius 3 is 1.94 bits per heavy atom. The summed E-state index contributed by atoms with van der Waals surface area (Å²) >= 11 is 0. The van der Waals surface area contributed by atoms with Crippen LogP contribution >= 0.6 is 0 Å². The Hall–Kier alpha value is -3.41. The Labute approximate surface area is 183 Å². The van der Waals surface area contributed by atoms with Crippen molar-refractivity contribution in [3.8, 4) is 16.9 Å². The lowest BCUT2D eigenvalue weighted by atomic mass is 10.0. The van der Waals surface area contributed by atoms with Gasteiger partial charge in [-0.3, -0.25) is 9.59 Å². The van der Waals surface area contributed by atoms with Crippen molar-refractivity contribution in [1.82, 2.24) is 20.4 Å². The molecule has 3 rings (SSSR count). The third-order valence-corrected chi connectivity index (χ3v) is 5.01. The fraction of sp³-hybridized carbons (Fsp3) is 0.320. The first-order valence-electron chi connectivity index (χ1n) is 11.0. The van der Waals surface area contributed by atoms with Crippen LogP contribution in [0.3, 0.4) is 0 Å². The topological polar surface area (TPSA) is 76.0 Å². The molecule has 0 fully saturated rings. The average Bonchev–Trinajstić information content (AvgIpc) is 3.21. The third kappa shape index (κ3) is 5.40. The van der Waals surface area contributed by atoms with E-state index in [0.717, 1.165) is 36.9 Å². The summed E-state index contributed by atoms with van der Waals surface area (Å²) in [6.45, 7) is 5.24. The molecule has 2 amide bonds. The molecule has 0 saturated heterocycles. The molecule has 0 aliphatic heterocycles. The SMILES string of the molecule is CCCCNC(=O)c1nn(-c2ccccc2)c(-c2ccccc2)c1C(=O)NCCCC. The lowest BCUT2D eigenvalue weighted by molar-refractivity contribution is 0.0916. The molecule has 0 atom stereocenters. The number of rotatable bonds is 10. The van der Waals surface area contributed by atoms with Gasteiger partial charge in [0.1, 0.15) is 0 Å². The molecule has 0 spiro atoms. The lowest BCUT2D eigenvalue weighted by Crippen LogP contribution is -2.30. The normalized spacial score (nSPS) is 10.6. The van der Waals surface area contributed by atoms with E-state index in [2.05, 4.69) is 29.6 Å². The number of hydrogen-bond donors (Lipinski definition) is 2. The molecule has 0 radical (unpaired) electrons. The van der Waals surface area contributed by atoms with Crippen LogP contribution in [0, 0.1) is 0 Å². The summed E-state index contributed by atoms with van der Waals surface area (Å²) in [4.78, 5) is 26.3. The van der Waals surface area contributed by atoms with Gasteiger partial charge in [0.15, 0.2) is 5.69 Å². The van der Waals surface area contributed by atoms with E-state index in [0.29, 0.717) is 24.3 Å². The number of carbonyl (C=O) groups is 2. The van der Waals surface area contributed by atoms with E-state index in [9.17, 15) is 9.59 Å². The van der Waals surface area contributed by atoms with E-state index >= 15 is 0 Å². The van der Waals surface area contributed by atoms with Crippen LogP contribution in [-0.4, -0.2) is 34.7 Å². The number of hydrogen-bond acceptors (Lipinski definition) is 3. The van der Waals surface area contributed by atoms with Crippen LogP contribution in [0.25, 0.3) is 16.9 Å². The highest BCUT2D eigenvalue weighted by Crippen LogP contribution is 2.29. The molecule has 0 bridgehead atoms. The first-order valence-corrected chi connectivity index (χ1v) is 11.0. The molecule has 0 unspecified atom stereocenters. The van der Waals surface area contributed by atoms with Crippen LogP contribution in [0.5, 0.6) is 0 Å². The first-order chi connectivity index (χ1) is 15.2. The lowest BCUT2D eigenvalue weighted by Gasteiger charge is -2.11. The highest BCUT2D eigenvalue weighted by atomic mass is 16.2. The second-order valence-corrected chi connectivity index (χ2v) is 7.40. The maximum atomic E-state index is 13.3. The predicted octanol–water partition coefficient (Wildman–Crippen LogP) is 4.60. The van der Waals surface area contributed by atoms with Crippen molar-refractivity contribution in [3.63, 3.8) is 0 Å². The molecule has 0 saturated carbocycles. The van der Waals surface area contributed by atoms with Gasteiger partial charge in [-0.25, -0.2) is 4.68 Å². The quantitative estimate of drug-likeness (QED) is 0.473. The van der Waals surface area contributed by atoms with E-state index in [4.69, 9.17) is 0 Å². The molecule has 2 aromatic carbocycles. The average molecular weight is 419 g/mol. The van der Waals surface area contributed by atoms with Crippen LogP contribution in [-0.2, 0) is 0 Å². The number of aromatic nitrogens is 2. The zero-order chi connectivity index (χ0) is 22.1. The number of para-hydroxylation sites is 1. The van der Waals surface area contributed by atoms with Crippen molar-refractivity contribution in [2.45, 2.75) is 39.5 Å². The zero-order valence-electron chi connectivity index (χ0n) is 18.2. The molecule has 0 aliphatic carbocycles. The number of unbranched alkanes of at least 4 members (excludes halogenated alkanes) is 2. The molecule has 1 aromatic heterocycles. The van der Waals surface area contributed by atoms with Gasteiger partial charge in [0.25, 0.3) is 11.8 Å². The molecule has 162 valence electrons. The van der Waals surface area contributed by atoms with E-state index in [1.54, 1.807) is 4.68 Å². The standard InChI is InChI=1S/C25H30N4O2/c1-3-5-17-26-24(30)21-22(25(31)27-18-6-4-2)28-29(20-15-11-8-12-16-20)23(21)19-13-9-7-10-14-19/h7-16H,3-6,17-18H2,1-2H3,(H,26,30)(H,27,31). The van der Waals surface area contributed by atoms with Gasteiger partial charge >= 0.3 is 0 Å². The highest BCUT2D eigenvalue weighted by Gasteiger charge is 2.29. The van der Waals surface area contributed by atoms with Gasteiger partial charge < -0.3 is 10.6 Å². The van der Waals surface area contributed by atoms with Gasteiger partial charge in [-0.15, -0.1) is 0 Å². The fourth-order valence-corrected chi connectivity index (χ4v) is 3.34. The van der Waals surface area contributed by atoms with E-state index < -0.39 is 0 Å². The summed E-state index contributed by atoms with van der Waals surface area (Å²) in [7, 11) is 0. The maximum Gasteiger partial charge on any atom is 0.272 e. The number of benzene rings is 2. The summed E-state index contributed by atoms with van der Waals surface area (Å²) < 4.78 is 1.69. The maximum absolute atomic E-state index is 13.3. The molecular formula is C25H30N4O2. The molecule has 2 N–H and O–H groups in total. The second kappa shape index (κ2) is 11.1. The largest absolute Gasteiger partial charge is 0.352 e. The van der Waals surface area contributed by atoms with Gasteiger partial charge in [0, 0.05) is 18.7 Å². The van der Waals surface area contributed by atoms with E-state index in [1.165, 1.54) is 0 Å². The van der Waals surface area contributed by atoms with E-state index in [1.807, 2.05) is 60.7 Å². The van der Waals surface area contributed by atoms with Crippen LogP contribution in [0.4, 0.5) is 0 Å². The number of carbonyl (C=O) groups excluding carboxylic acids is 2. The molecule has 3 aromatic rings. The number of amides is 2. The highest BCUT2D eigenvalue weighted by molar-refractivity contribution is 6.10. The zero-order valence-corrected chi connectivity index (χ0v) is 18.2. The molecule has 6 nitrogen and oxygen atoms in total. The molecule has 0 aliphatic rings. The van der Waals surface area contributed by atoms with Crippen molar-refractivity contribution >= 4 is 11.8 Å². The Morgan fingerprint density at radius 1 is 0.806 bits per heavy atom. The van der Waals surface area contributed by atoms with Crippen molar-refractivity contribution in [1.29, 1.82) is 0 Å². The van der Waals surface area contributed by atoms with Crippen molar-refractivity contribution in [2.24, 2.45) is 0 Å². The van der Waals surface area contributed by atoms with Gasteiger partial charge in [-0.05, 0) is 25.0 Å². The van der Waals surface area contributed by atoms with Crippen molar-refractivity contribution in [3.05, 3.63) is 71.9 Å². The van der Waals surface area contributed by atoms with Gasteiger partial charge in [0.2, 0.25) is 0 Å². The first kappa shape index (κ1) is 22.3. The van der Waals surface area contributed by atoms with Crippen molar-refractivity contribution in [2.75, 3.05) is 13.1 Å². The van der Waals surface area contributed by atoms with Crippen LogP contribution in [0.15, 0.2) is 60.7 Å². The van der Waals surface area contributed by atoms with Crippen LogP contribution < -0.4 is 10.6 Å². The van der Waals surface area contributed by atoms with E-state index in [-0.39, 0.29) is 17.5 Å². The molecule has 31 heavy (non-hydrogen) atoms. The number of nitrogens with one attached hydrogen (secondary N) is 2. The predicted molar refractivity (Wildman–Crippen MR) is 123 cm³/mol. The summed E-state index contributed by atoms with van der Waals surface area (Å²) in [6.07, 6.45) is 3.68. The van der Waals surface area contributed by atoms with Crippen LogP contribution in [0.1, 0.15) is 60.4 Å². The van der Waals surface area contributed by atoms with Gasteiger partial charge in [-0.2, -0.15) is 5.10 Å². The smallest absolute Gasteiger partial charge is 0.272 e. The molecular weight excluding hydrogens is 388 g/mol. The van der Waals surface area contributed by atoms with Crippen molar-refractivity contribution < 1.29 is 9.59 Å². The summed E-state index contributed by atoms with van der Waals surface area (Å²) in [5, 5.41) is 10.5.